The first-order valence-electron chi connectivity index (χ1n) is 7.69. The van der Waals surface area contributed by atoms with Crippen molar-refractivity contribution in [3.05, 3.63) is 29.8 Å². The summed E-state index contributed by atoms with van der Waals surface area (Å²) >= 11 is 0. The number of piperazine rings is 1. The third-order valence-electron chi connectivity index (χ3n) is 4.00. The molecule has 1 aliphatic rings. The van der Waals surface area contributed by atoms with Gasteiger partial charge in [0.2, 0.25) is 10.0 Å². The number of benzene rings is 1. The fourth-order valence-corrected chi connectivity index (χ4v) is 3.31. The fourth-order valence-electron chi connectivity index (χ4n) is 2.48. The number of carbonyl (C=O) groups excluding carboxylic acids is 1. The minimum atomic E-state index is -3.18. The number of sulfonamides is 1. The maximum atomic E-state index is 12.3. The van der Waals surface area contributed by atoms with E-state index in [4.69, 9.17) is 0 Å². The van der Waals surface area contributed by atoms with Crippen molar-refractivity contribution in [2.75, 3.05) is 37.8 Å². The predicted octanol–water partition coefficient (Wildman–Crippen LogP) is 2.09. The Balaban J connectivity index is 1.93. The standard InChI is InChI=1S/C16H25N3O3S/c1-16(2,3)13-5-7-14(8-6-13)17-15(20)18-9-11-19(12-10-18)23(4,21)22/h5-8H,9-12H2,1-4H3,(H,17,20). The second kappa shape index (κ2) is 6.49. The summed E-state index contributed by atoms with van der Waals surface area (Å²) in [5.74, 6) is 0. The van der Waals surface area contributed by atoms with Crippen LogP contribution in [0.15, 0.2) is 24.3 Å². The third kappa shape index (κ3) is 4.68. The number of hydrogen-bond donors (Lipinski definition) is 1. The van der Waals surface area contributed by atoms with Crippen LogP contribution in [0.4, 0.5) is 10.5 Å². The lowest BCUT2D eigenvalue weighted by molar-refractivity contribution is 0.184. The van der Waals surface area contributed by atoms with E-state index < -0.39 is 10.0 Å². The van der Waals surface area contributed by atoms with E-state index in [0.29, 0.717) is 26.2 Å². The van der Waals surface area contributed by atoms with Gasteiger partial charge < -0.3 is 10.2 Å². The van der Waals surface area contributed by atoms with Gasteiger partial charge in [-0.25, -0.2) is 13.2 Å². The van der Waals surface area contributed by atoms with Gasteiger partial charge in [0.25, 0.3) is 0 Å². The van der Waals surface area contributed by atoms with Gasteiger partial charge in [-0.3, -0.25) is 0 Å². The van der Waals surface area contributed by atoms with Crippen LogP contribution >= 0.6 is 0 Å². The molecule has 23 heavy (non-hydrogen) atoms. The quantitative estimate of drug-likeness (QED) is 0.897. The third-order valence-corrected chi connectivity index (χ3v) is 5.30. The van der Waals surface area contributed by atoms with E-state index >= 15 is 0 Å². The molecule has 0 spiro atoms. The Morgan fingerprint density at radius 3 is 2.00 bits per heavy atom. The Labute approximate surface area is 138 Å². The van der Waals surface area contributed by atoms with Gasteiger partial charge in [-0.05, 0) is 23.1 Å². The normalized spacial score (nSPS) is 17.1. The highest BCUT2D eigenvalue weighted by Gasteiger charge is 2.26. The molecule has 7 heteroatoms. The Kier molecular flexibility index (Phi) is 5.01. The molecule has 2 amide bonds. The average molecular weight is 339 g/mol. The van der Waals surface area contributed by atoms with Gasteiger partial charge in [-0.2, -0.15) is 4.31 Å². The van der Waals surface area contributed by atoms with Gasteiger partial charge in [0.1, 0.15) is 0 Å². The van der Waals surface area contributed by atoms with E-state index in [2.05, 4.69) is 26.1 Å². The van der Waals surface area contributed by atoms with Crippen LogP contribution < -0.4 is 5.32 Å². The highest BCUT2D eigenvalue weighted by atomic mass is 32.2. The summed E-state index contributed by atoms with van der Waals surface area (Å²) in [7, 11) is -3.18. The molecule has 0 aromatic heterocycles. The zero-order valence-electron chi connectivity index (χ0n) is 14.2. The van der Waals surface area contributed by atoms with Crippen molar-refractivity contribution in [2.24, 2.45) is 0 Å². The molecule has 1 heterocycles. The Morgan fingerprint density at radius 2 is 1.57 bits per heavy atom. The maximum absolute atomic E-state index is 12.3. The smallest absolute Gasteiger partial charge is 0.321 e. The molecule has 0 radical (unpaired) electrons. The van der Waals surface area contributed by atoms with Crippen molar-refractivity contribution in [3.63, 3.8) is 0 Å². The molecule has 6 nitrogen and oxygen atoms in total. The van der Waals surface area contributed by atoms with Gasteiger partial charge >= 0.3 is 6.03 Å². The van der Waals surface area contributed by atoms with Gasteiger partial charge in [-0.15, -0.1) is 0 Å². The molecular weight excluding hydrogens is 314 g/mol. The van der Waals surface area contributed by atoms with Crippen LogP contribution in [0.3, 0.4) is 0 Å². The minimum absolute atomic E-state index is 0.0739. The van der Waals surface area contributed by atoms with Crippen molar-refractivity contribution in [3.8, 4) is 0 Å². The fraction of sp³-hybridized carbons (Fsp3) is 0.562. The summed E-state index contributed by atoms with van der Waals surface area (Å²) in [6.45, 7) is 7.91. The van der Waals surface area contributed by atoms with Crippen LogP contribution in [-0.2, 0) is 15.4 Å². The van der Waals surface area contributed by atoms with Crippen LogP contribution in [0, 0.1) is 0 Å². The summed E-state index contributed by atoms with van der Waals surface area (Å²) in [6, 6.07) is 7.62. The number of amides is 2. The van der Waals surface area contributed by atoms with Gasteiger partial charge in [0.15, 0.2) is 0 Å². The molecule has 0 bridgehead atoms. The van der Waals surface area contributed by atoms with E-state index in [0.717, 1.165) is 5.69 Å². The summed E-state index contributed by atoms with van der Waals surface area (Å²) in [6.07, 6.45) is 1.19. The number of nitrogens with zero attached hydrogens (tertiary/aromatic N) is 2. The number of carbonyl (C=O) groups is 1. The molecule has 0 unspecified atom stereocenters. The first-order valence-corrected chi connectivity index (χ1v) is 9.54. The number of anilines is 1. The van der Waals surface area contributed by atoms with Crippen LogP contribution in [0.2, 0.25) is 0 Å². The zero-order chi connectivity index (χ0) is 17.3. The second-order valence-corrected chi connectivity index (χ2v) is 8.89. The molecular formula is C16H25N3O3S. The lowest BCUT2D eigenvalue weighted by Crippen LogP contribution is -2.51. The Bertz CT molecular complexity index is 655. The van der Waals surface area contributed by atoms with Crippen molar-refractivity contribution < 1.29 is 13.2 Å². The maximum Gasteiger partial charge on any atom is 0.321 e. The molecule has 0 atom stereocenters. The van der Waals surface area contributed by atoms with E-state index in [-0.39, 0.29) is 11.4 Å². The number of urea groups is 1. The largest absolute Gasteiger partial charge is 0.322 e. The molecule has 1 aliphatic heterocycles. The molecule has 0 saturated carbocycles. The lowest BCUT2D eigenvalue weighted by Gasteiger charge is -2.33. The van der Waals surface area contributed by atoms with Crippen molar-refractivity contribution >= 4 is 21.7 Å². The molecule has 1 aromatic rings. The first-order chi connectivity index (χ1) is 10.6. The molecule has 0 aliphatic carbocycles. The summed E-state index contributed by atoms with van der Waals surface area (Å²) < 4.78 is 24.3. The molecule has 1 N–H and O–H groups in total. The predicted molar refractivity (Wildman–Crippen MR) is 92.2 cm³/mol. The number of hydrogen-bond acceptors (Lipinski definition) is 3. The molecule has 2 rings (SSSR count). The van der Waals surface area contributed by atoms with Gasteiger partial charge in [0, 0.05) is 31.9 Å². The van der Waals surface area contributed by atoms with Crippen molar-refractivity contribution in [2.45, 2.75) is 26.2 Å². The van der Waals surface area contributed by atoms with Crippen molar-refractivity contribution in [1.82, 2.24) is 9.21 Å². The van der Waals surface area contributed by atoms with E-state index in [1.807, 2.05) is 24.3 Å². The molecule has 1 fully saturated rings. The lowest BCUT2D eigenvalue weighted by atomic mass is 9.87. The van der Waals surface area contributed by atoms with E-state index in [1.165, 1.54) is 16.1 Å². The highest BCUT2D eigenvalue weighted by Crippen LogP contribution is 2.23. The van der Waals surface area contributed by atoms with Gasteiger partial charge in [-0.1, -0.05) is 32.9 Å². The van der Waals surface area contributed by atoms with E-state index in [1.54, 1.807) is 4.90 Å². The monoisotopic (exact) mass is 339 g/mol. The van der Waals surface area contributed by atoms with Crippen LogP contribution in [-0.4, -0.2) is 56.1 Å². The SMILES string of the molecule is CC(C)(C)c1ccc(NC(=O)N2CCN(S(C)(=O)=O)CC2)cc1. The van der Waals surface area contributed by atoms with Gasteiger partial charge in [0.05, 0.1) is 6.26 Å². The topological polar surface area (TPSA) is 69.7 Å². The minimum Gasteiger partial charge on any atom is -0.322 e. The summed E-state index contributed by atoms with van der Waals surface area (Å²) in [4.78, 5) is 13.9. The van der Waals surface area contributed by atoms with Crippen LogP contribution in [0.25, 0.3) is 0 Å². The Hall–Kier alpha value is -1.60. The van der Waals surface area contributed by atoms with Crippen molar-refractivity contribution in [1.29, 1.82) is 0 Å². The second-order valence-electron chi connectivity index (χ2n) is 6.91. The summed E-state index contributed by atoms with van der Waals surface area (Å²) in [5.41, 5.74) is 2.02. The van der Waals surface area contributed by atoms with Crippen LogP contribution in [0.5, 0.6) is 0 Å². The first kappa shape index (κ1) is 17.7. The Morgan fingerprint density at radius 1 is 1.04 bits per heavy atom. The molecule has 1 saturated heterocycles. The van der Waals surface area contributed by atoms with E-state index in [9.17, 15) is 13.2 Å². The highest BCUT2D eigenvalue weighted by molar-refractivity contribution is 7.88. The molecule has 128 valence electrons. The summed E-state index contributed by atoms with van der Waals surface area (Å²) in [5, 5.41) is 2.86. The van der Waals surface area contributed by atoms with Crippen LogP contribution in [0.1, 0.15) is 26.3 Å². The number of nitrogens with one attached hydrogen (secondary N) is 1. The average Bonchev–Trinajstić information content (AvgIpc) is 2.46. The molecule has 1 aromatic carbocycles. The number of rotatable bonds is 2. The zero-order valence-corrected chi connectivity index (χ0v) is 15.0.